The molecule has 1 aliphatic rings. The maximum Gasteiger partial charge on any atom is 0.306 e. The number of fused-ring (bicyclic) bond motifs is 1. The Bertz CT molecular complexity index is 1150. The zero-order chi connectivity index (χ0) is 24.0. The van der Waals surface area contributed by atoms with Gasteiger partial charge in [-0.1, -0.05) is 0 Å². The van der Waals surface area contributed by atoms with Gasteiger partial charge in [-0.25, -0.2) is 9.97 Å². The van der Waals surface area contributed by atoms with Gasteiger partial charge in [0.05, 0.1) is 25.4 Å². The van der Waals surface area contributed by atoms with Crippen LogP contribution in [0.15, 0.2) is 6.33 Å². The van der Waals surface area contributed by atoms with E-state index in [4.69, 9.17) is 27.8 Å². The van der Waals surface area contributed by atoms with Crippen molar-refractivity contribution in [2.75, 3.05) is 5.73 Å². The number of aliphatic hydroxyl groups is 3. The highest BCUT2D eigenvalue weighted by molar-refractivity contribution is 7.71. The molecule has 1 fully saturated rings. The largest absolute Gasteiger partial charge is 0.481 e. The van der Waals surface area contributed by atoms with Crippen LogP contribution in [0.1, 0.15) is 25.5 Å². The number of carboxylic acid groups (broad SMARTS) is 3. The lowest BCUT2D eigenvalue weighted by Gasteiger charge is -2.40. The second kappa shape index (κ2) is 8.06. The van der Waals surface area contributed by atoms with Crippen LogP contribution < -0.4 is 5.73 Å². The fourth-order valence-corrected chi connectivity index (χ4v) is 4.21. The number of nitrogens with two attached hydrogens (primary N) is 1. The number of carbonyl (C=O) groups is 3. The van der Waals surface area contributed by atoms with E-state index >= 15 is 0 Å². The molecule has 3 heterocycles. The van der Waals surface area contributed by atoms with Gasteiger partial charge in [0.1, 0.15) is 23.5 Å². The average Bonchev–Trinajstić information content (AvgIpc) is 3.06. The summed E-state index contributed by atoms with van der Waals surface area (Å²) in [6, 6.07) is 0. The number of hydrogen-bond acceptors (Lipinski definition) is 11. The fourth-order valence-electron chi connectivity index (χ4n) is 3.92. The van der Waals surface area contributed by atoms with E-state index in [1.807, 2.05) is 0 Å². The van der Waals surface area contributed by atoms with Crippen LogP contribution >= 0.6 is 12.2 Å². The molecule has 15 nitrogen and oxygen atoms in total. The number of rotatable bonds is 8. The Labute approximate surface area is 182 Å². The standard InChI is InChI=1S/C16H19N5O10S/c17-11-9-12(19-4-18-11)21(14(32)20-9)13-16(30,3-8(27)28)15(29,2-7(25)26)10(31-13)5(22)1-6(23)24/h4-5,10,13,22,29-30H,1-3H2,(H,20,32)(H,23,24)(H,25,26)(H,27,28)(H2,17,18,19)/t5?,10-,13-,15-,16+/m1/s1. The molecule has 16 heteroatoms. The van der Waals surface area contributed by atoms with E-state index in [0.29, 0.717) is 0 Å². The summed E-state index contributed by atoms with van der Waals surface area (Å²) < 4.78 is 6.30. The zero-order valence-electron chi connectivity index (χ0n) is 16.1. The third-order valence-electron chi connectivity index (χ3n) is 5.25. The predicted octanol–water partition coefficient (Wildman–Crippen LogP) is -1.78. The summed E-state index contributed by atoms with van der Waals surface area (Å²) >= 11 is 5.19. The second-order valence-corrected chi connectivity index (χ2v) is 7.71. The maximum atomic E-state index is 11.6. The Hall–Kier alpha value is -3.18. The second-order valence-electron chi connectivity index (χ2n) is 7.32. The van der Waals surface area contributed by atoms with Gasteiger partial charge in [-0.15, -0.1) is 0 Å². The summed E-state index contributed by atoms with van der Waals surface area (Å²) in [4.78, 5) is 44.5. The normalized spacial score (nSPS) is 28.6. The highest BCUT2D eigenvalue weighted by Crippen LogP contribution is 2.51. The molecule has 0 aliphatic carbocycles. The summed E-state index contributed by atoms with van der Waals surface area (Å²) in [5.74, 6) is -4.92. The maximum absolute atomic E-state index is 11.6. The van der Waals surface area contributed by atoms with Crippen molar-refractivity contribution in [1.82, 2.24) is 19.5 Å². The summed E-state index contributed by atoms with van der Waals surface area (Å²) in [6.07, 6.45) is -8.49. The van der Waals surface area contributed by atoms with Crippen molar-refractivity contribution in [3.63, 3.8) is 0 Å². The van der Waals surface area contributed by atoms with E-state index in [-0.39, 0.29) is 21.8 Å². The SMILES string of the molecule is Nc1ncnc2c1[nH]c(=S)n2[C@@H]1O[C@H](C(O)CC(=O)O)[C@](O)(CC(=O)O)[C@]1(O)CC(=O)O. The van der Waals surface area contributed by atoms with Crippen molar-refractivity contribution >= 4 is 47.1 Å². The number of aliphatic carboxylic acids is 3. The van der Waals surface area contributed by atoms with Gasteiger partial charge in [-0.2, -0.15) is 0 Å². The Balaban J connectivity index is 2.28. The number of imidazole rings is 1. The number of aliphatic hydroxyl groups excluding tert-OH is 1. The van der Waals surface area contributed by atoms with Crippen LogP contribution in [-0.4, -0.2) is 91.5 Å². The minimum absolute atomic E-state index is 0.0668. The van der Waals surface area contributed by atoms with E-state index < -0.39 is 66.8 Å². The third kappa shape index (κ3) is 3.67. The number of ether oxygens (including phenoxy) is 1. The van der Waals surface area contributed by atoms with Gasteiger partial charge < -0.3 is 46.1 Å². The lowest BCUT2D eigenvalue weighted by atomic mass is 9.73. The van der Waals surface area contributed by atoms with Crippen LogP contribution in [0.5, 0.6) is 0 Å². The first-order chi connectivity index (χ1) is 14.8. The number of nitrogen functional groups attached to an aromatic ring is 1. The molecular formula is C16H19N5O10S. The van der Waals surface area contributed by atoms with Crippen LogP contribution in [0.3, 0.4) is 0 Å². The predicted molar refractivity (Wildman–Crippen MR) is 104 cm³/mol. The van der Waals surface area contributed by atoms with Crippen molar-refractivity contribution in [2.24, 2.45) is 0 Å². The molecule has 1 saturated heterocycles. The van der Waals surface area contributed by atoms with E-state index in [9.17, 15) is 39.9 Å². The lowest BCUT2D eigenvalue weighted by Crippen LogP contribution is -2.62. The van der Waals surface area contributed by atoms with Crippen molar-refractivity contribution in [3.05, 3.63) is 11.1 Å². The number of anilines is 1. The monoisotopic (exact) mass is 473 g/mol. The molecule has 2 aromatic heterocycles. The van der Waals surface area contributed by atoms with Crippen LogP contribution in [0.25, 0.3) is 11.2 Å². The topological polar surface area (TPSA) is 254 Å². The van der Waals surface area contributed by atoms with E-state index in [0.717, 1.165) is 10.9 Å². The number of nitrogens with one attached hydrogen (secondary N) is 1. The molecule has 0 aromatic carbocycles. The van der Waals surface area contributed by atoms with Gasteiger partial charge in [0, 0.05) is 0 Å². The van der Waals surface area contributed by atoms with Crippen LogP contribution in [-0.2, 0) is 19.1 Å². The highest BCUT2D eigenvalue weighted by Gasteiger charge is 2.69. The summed E-state index contributed by atoms with van der Waals surface area (Å²) in [5.41, 5.74) is -0.0982. The molecule has 3 rings (SSSR count). The Kier molecular flexibility index (Phi) is 5.92. The minimum Gasteiger partial charge on any atom is -0.481 e. The molecule has 2 aromatic rings. The van der Waals surface area contributed by atoms with Crippen molar-refractivity contribution in [2.45, 2.75) is 48.9 Å². The molecule has 32 heavy (non-hydrogen) atoms. The zero-order valence-corrected chi connectivity index (χ0v) is 16.9. The fraction of sp³-hybridized carbons (Fsp3) is 0.500. The van der Waals surface area contributed by atoms with Crippen LogP contribution in [0.2, 0.25) is 0 Å². The quantitative estimate of drug-likeness (QED) is 0.197. The Morgan fingerprint density at radius 2 is 1.75 bits per heavy atom. The van der Waals surface area contributed by atoms with Gasteiger partial charge in [-0.3, -0.25) is 19.0 Å². The Morgan fingerprint density at radius 1 is 1.16 bits per heavy atom. The molecule has 0 bridgehead atoms. The van der Waals surface area contributed by atoms with Gasteiger partial charge in [0.2, 0.25) is 0 Å². The van der Waals surface area contributed by atoms with Crippen LogP contribution in [0, 0.1) is 4.77 Å². The van der Waals surface area contributed by atoms with E-state index in [2.05, 4.69) is 15.0 Å². The third-order valence-corrected chi connectivity index (χ3v) is 5.55. The first kappa shape index (κ1) is 23.5. The lowest BCUT2D eigenvalue weighted by molar-refractivity contribution is -0.188. The molecule has 0 saturated carbocycles. The number of nitrogens with zero attached hydrogens (tertiary/aromatic N) is 3. The van der Waals surface area contributed by atoms with E-state index in [1.165, 1.54) is 0 Å². The number of H-pyrrole nitrogens is 1. The van der Waals surface area contributed by atoms with Gasteiger partial charge in [0.25, 0.3) is 0 Å². The van der Waals surface area contributed by atoms with Crippen molar-refractivity contribution in [1.29, 1.82) is 0 Å². The highest BCUT2D eigenvalue weighted by atomic mass is 32.1. The molecule has 9 N–H and O–H groups in total. The first-order valence-electron chi connectivity index (χ1n) is 8.96. The summed E-state index contributed by atoms with van der Waals surface area (Å²) in [5, 5.41) is 60.8. The molecule has 0 radical (unpaired) electrons. The summed E-state index contributed by atoms with van der Waals surface area (Å²) in [6.45, 7) is 0. The molecular weight excluding hydrogens is 454 g/mol. The number of aromatic amines is 1. The molecule has 174 valence electrons. The number of carboxylic acids is 3. The molecule has 1 aliphatic heterocycles. The first-order valence-corrected chi connectivity index (χ1v) is 9.37. The number of aromatic nitrogens is 4. The van der Waals surface area contributed by atoms with Crippen LogP contribution in [0.4, 0.5) is 5.82 Å². The van der Waals surface area contributed by atoms with Crippen molar-refractivity contribution in [3.8, 4) is 0 Å². The molecule has 0 amide bonds. The molecule has 5 atom stereocenters. The van der Waals surface area contributed by atoms with Gasteiger partial charge >= 0.3 is 17.9 Å². The number of hydrogen-bond donors (Lipinski definition) is 8. The molecule has 0 spiro atoms. The van der Waals surface area contributed by atoms with Gasteiger partial charge in [0.15, 0.2) is 28.1 Å². The average molecular weight is 473 g/mol. The van der Waals surface area contributed by atoms with Crippen molar-refractivity contribution < 1.29 is 49.8 Å². The molecule has 1 unspecified atom stereocenters. The van der Waals surface area contributed by atoms with E-state index in [1.54, 1.807) is 0 Å². The summed E-state index contributed by atoms with van der Waals surface area (Å²) in [7, 11) is 0. The Morgan fingerprint density at radius 3 is 2.31 bits per heavy atom. The minimum atomic E-state index is -2.95. The smallest absolute Gasteiger partial charge is 0.306 e. The van der Waals surface area contributed by atoms with Gasteiger partial charge in [-0.05, 0) is 12.2 Å².